The SMILES string of the molecule is O=C(N/N=C\c1cccc(C(F)(F)F)c1)c1ccc[nH]1. The van der Waals surface area contributed by atoms with Gasteiger partial charge < -0.3 is 4.98 Å². The average Bonchev–Trinajstić information content (AvgIpc) is 2.92. The average molecular weight is 281 g/mol. The molecule has 104 valence electrons. The summed E-state index contributed by atoms with van der Waals surface area (Å²) >= 11 is 0. The highest BCUT2D eigenvalue weighted by Gasteiger charge is 2.30. The zero-order valence-electron chi connectivity index (χ0n) is 10.1. The maximum Gasteiger partial charge on any atom is 0.416 e. The van der Waals surface area contributed by atoms with Crippen molar-refractivity contribution in [2.24, 2.45) is 5.10 Å². The predicted octanol–water partition coefficient (Wildman–Crippen LogP) is 2.80. The summed E-state index contributed by atoms with van der Waals surface area (Å²) in [6.07, 6.45) is -1.68. The van der Waals surface area contributed by atoms with Crippen LogP contribution in [-0.2, 0) is 6.18 Å². The lowest BCUT2D eigenvalue weighted by Gasteiger charge is -2.06. The molecule has 7 heteroatoms. The van der Waals surface area contributed by atoms with Gasteiger partial charge in [-0.1, -0.05) is 12.1 Å². The van der Waals surface area contributed by atoms with Crippen molar-refractivity contribution in [2.45, 2.75) is 6.18 Å². The van der Waals surface area contributed by atoms with Gasteiger partial charge in [0.25, 0.3) is 5.91 Å². The summed E-state index contributed by atoms with van der Waals surface area (Å²) in [5.41, 5.74) is 2.00. The highest BCUT2D eigenvalue weighted by molar-refractivity contribution is 5.93. The van der Waals surface area contributed by atoms with E-state index in [2.05, 4.69) is 15.5 Å². The molecular weight excluding hydrogens is 271 g/mol. The van der Waals surface area contributed by atoms with Gasteiger partial charge in [-0.3, -0.25) is 4.79 Å². The minimum absolute atomic E-state index is 0.242. The molecule has 20 heavy (non-hydrogen) atoms. The zero-order chi connectivity index (χ0) is 14.6. The first kappa shape index (κ1) is 13.9. The maximum atomic E-state index is 12.5. The second kappa shape index (κ2) is 5.60. The Morgan fingerprint density at radius 1 is 1.25 bits per heavy atom. The first-order valence-electron chi connectivity index (χ1n) is 5.61. The third kappa shape index (κ3) is 3.47. The first-order chi connectivity index (χ1) is 9.47. The summed E-state index contributed by atoms with van der Waals surface area (Å²) in [4.78, 5) is 14.2. The molecule has 2 N–H and O–H groups in total. The topological polar surface area (TPSA) is 57.2 Å². The van der Waals surface area contributed by atoms with Crippen molar-refractivity contribution < 1.29 is 18.0 Å². The molecule has 2 aromatic rings. The van der Waals surface area contributed by atoms with Crippen LogP contribution in [0.15, 0.2) is 47.7 Å². The van der Waals surface area contributed by atoms with E-state index < -0.39 is 17.6 Å². The Labute approximate surface area is 112 Å². The summed E-state index contributed by atoms with van der Waals surface area (Å²) in [5.74, 6) is -0.474. The summed E-state index contributed by atoms with van der Waals surface area (Å²) < 4.78 is 37.5. The standard InChI is InChI=1S/C13H10F3N3O/c14-13(15,16)10-4-1-3-9(7-10)8-18-19-12(20)11-5-2-6-17-11/h1-8,17H,(H,19,20)/b18-8-. The maximum absolute atomic E-state index is 12.5. The van der Waals surface area contributed by atoms with Crippen LogP contribution in [0, 0.1) is 0 Å². The molecule has 1 heterocycles. The molecule has 1 aromatic heterocycles. The predicted molar refractivity (Wildman–Crippen MR) is 67.3 cm³/mol. The summed E-state index contributed by atoms with van der Waals surface area (Å²) in [6, 6.07) is 7.84. The minimum atomic E-state index is -4.41. The summed E-state index contributed by atoms with van der Waals surface area (Å²) in [6.45, 7) is 0. The number of aromatic amines is 1. The Balaban J connectivity index is 2.03. The van der Waals surface area contributed by atoms with Gasteiger partial charge in [-0.25, -0.2) is 5.43 Å². The molecule has 1 aromatic carbocycles. The van der Waals surface area contributed by atoms with Crippen LogP contribution in [0.4, 0.5) is 13.2 Å². The van der Waals surface area contributed by atoms with Crippen LogP contribution in [0.1, 0.15) is 21.6 Å². The number of carbonyl (C=O) groups excluding carboxylic acids is 1. The van der Waals surface area contributed by atoms with Crippen molar-refractivity contribution >= 4 is 12.1 Å². The highest BCUT2D eigenvalue weighted by atomic mass is 19.4. The van der Waals surface area contributed by atoms with E-state index in [1.807, 2.05) is 0 Å². The molecule has 1 amide bonds. The van der Waals surface area contributed by atoms with E-state index in [1.54, 1.807) is 18.3 Å². The van der Waals surface area contributed by atoms with Crippen molar-refractivity contribution in [2.75, 3.05) is 0 Å². The van der Waals surface area contributed by atoms with Crippen LogP contribution >= 0.6 is 0 Å². The normalized spacial score (nSPS) is 11.8. The molecule has 0 bridgehead atoms. The van der Waals surface area contributed by atoms with Gasteiger partial charge in [0.1, 0.15) is 5.69 Å². The molecule has 0 radical (unpaired) electrons. The monoisotopic (exact) mass is 281 g/mol. The van der Waals surface area contributed by atoms with Crippen molar-refractivity contribution in [3.8, 4) is 0 Å². The van der Waals surface area contributed by atoms with E-state index in [-0.39, 0.29) is 5.56 Å². The van der Waals surface area contributed by atoms with Gasteiger partial charge >= 0.3 is 6.18 Å². The Morgan fingerprint density at radius 2 is 2.05 bits per heavy atom. The van der Waals surface area contributed by atoms with Crippen LogP contribution in [0.3, 0.4) is 0 Å². The number of nitrogens with one attached hydrogen (secondary N) is 2. The van der Waals surface area contributed by atoms with E-state index in [0.717, 1.165) is 18.3 Å². The first-order valence-corrected chi connectivity index (χ1v) is 5.61. The molecule has 2 rings (SSSR count). The number of rotatable bonds is 3. The molecule has 0 spiro atoms. The molecular formula is C13H10F3N3O. The Bertz CT molecular complexity index is 618. The second-order valence-corrected chi connectivity index (χ2v) is 3.91. The van der Waals surface area contributed by atoms with Gasteiger partial charge in [-0.05, 0) is 29.8 Å². The highest BCUT2D eigenvalue weighted by Crippen LogP contribution is 2.29. The van der Waals surface area contributed by atoms with Crippen LogP contribution in [0.5, 0.6) is 0 Å². The van der Waals surface area contributed by atoms with Gasteiger partial charge in [-0.15, -0.1) is 0 Å². The number of nitrogens with zero attached hydrogens (tertiary/aromatic N) is 1. The molecule has 0 atom stereocenters. The van der Waals surface area contributed by atoms with Crippen molar-refractivity contribution in [1.82, 2.24) is 10.4 Å². The number of hydrazone groups is 1. The Kier molecular flexibility index (Phi) is 3.88. The number of amides is 1. The van der Waals surface area contributed by atoms with Crippen LogP contribution in [0.25, 0.3) is 0 Å². The third-order valence-corrected chi connectivity index (χ3v) is 2.44. The molecule has 0 aliphatic rings. The zero-order valence-corrected chi connectivity index (χ0v) is 10.1. The van der Waals surface area contributed by atoms with E-state index in [4.69, 9.17) is 0 Å². The van der Waals surface area contributed by atoms with Gasteiger partial charge in [-0.2, -0.15) is 18.3 Å². The van der Waals surface area contributed by atoms with Gasteiger partial charge in [0, 0.05) is 6.20 Å². The van der Waals surface area contributed by atoms with Crippen molar-refractivity contribution in [3.63, 3.8) is 0 Å². The molecule has 0 saturated carbocycles. The van der Waals surface area contributed by atoms with E-state index >= 15 is 0 Å². The van der Waals surface area contributed by atoms with Crippen LogP contribution < -0.4 is 5.43 Å². The fourth-order valence-electron chi connectivity index (χ4n) is 1.49. The number of H-pyrrole nitrogens is 1. The lowest BCUT2D eigenvalue weighted by Crippen LogP contribution is -2.17. The number of carbonyl (C=O) groups is 1. The molecule has 0 aliphatic heterocycles. The molecule has 4 nitrogen and oxygen atoms in total. The quantitative estimate of drug-likeness (QED) is 0.659. The van der Waals surface area contributed by atoms with Crippen molar-refractivity contribution in [3.05, 3.63) is 59.4 Å². The fourth-order valence-corrected chi connectivity index (χ4v) is 1.49. The number of hydrogen-bond donors (Lipinski definition) is 2. The summed E-state index contributed by atoms with van der Waals surface area (Å²) in [5, 5.41) is 3.61. The number of aromatic nitrogens is 1. The molecule has 0 fully saturated rings. The van der Waals surface area contributed by atoms with E-state index in [1.165, 1.54) is 12.1 Å². The Hall–Kier alpha value is -2.57. The molecule has 0 saturated heterocycles. The van der Waals surface area contributed by atoms with E-state index in [0.29, 0.717) is 5.69 Å². The second-order valence-electron chi connectivity index (χ2n) is 3.91. The van der Waals surface area contributed by atoms with Gasteiger partial charge in [0.2, 0.25) is 0 Å². The van der Waals surface area contributed by atoms with E-state index in [9.17, 15) is 18.0 Å². The van der Waals surface area contributed by atoms with Crippen LogP contribution in [0.2, 0.25) is 0 Å². The van der Waals surface area contributed by atoms with Gasteiger partial charge in [0.15, 0.2) is 0 Å². The van der Waals surface area contributed by atoms with Crippen LogP contribution in [-0.4, -0.2) is 17.1 Å². The number of benzene rings is 1. The Morgan fingerprint density at radius 3 is 2.70 bits per heavy atom. The smallest absolute Gasteiger partial charge is 0.357 e. The van der Waals surface area contributed by atoms with Crippen molar-refractivity contribution in [1.29, 1.82) is 0 Å². The lowest BCUT2D eigenvalue weighted by molar-refractivity contribution is -0.137. The molecule has 0 unspecified atom stereocenters. The lowest BCUT2D eigenvalue weighted by atomic mass is 10.1. The number of halogens is 3. The fraction of sp³-hybridized carbons (Fsp3) is 0.0769. The number of hydrogen-bond acceptors (Lipinski definition) is 2. The van der Waals surface area contributed by atoms with Gasteiger partial charge in [0.05, 0.1) is 11.8 Å². The summed E-state index contributed by atoms with van der Waals surface area (Å²) in [7, 11) is 0. The third-order valence-electron chi connectivity index (χ3n) is 2.44. The minimum Gasteiger partial charge on any atom is -0.357 e. The molecule has 0 aliphatic carbocycles. The largest absolute Gasteiger partial charge is 0.416 e. The number of alkyl halides is 3.